The highest BCUT2D eigenvalue weighted by atomic mass is 16.2. The van der Waals surface area contributed by atoms with E-state index in [1.165, 1.54) is 0 Å². The molecule has 2 amide bonds. The highest BCUT2D eigenvalue weighted by molar-refractivity contribution is 6.06. The molecule has 2 N–H and O–H groups in total. The van der Waals surface area contributed by atoms with Gasteiger partial charge in [0, 0.05) is 48.4 Å². The molecule has 29 heavy (non-hydrogen) atoms. The summed E-state index contributed by atoms with van der Waals surface area (Å²) in [7, 11) is 5.65. The second-order valence-corrected chi connectivity index (χ2v) is 7.20. The fraction of sp³-hybridized carbons (Fsp3) is 0.217. The van der Waals surface area contributed by atoms with E-state index in [2.05, 4.69) is 10.3 Å². The summed E-state index contributed by atoms with van der Waals surface area (Å²) in [6.07, 6.45) is 3.57. The molecule has 1 aromatic heterocycles. The van der Waals surface area contributed by atoms with Crippen molar-refractivity contribution in [1.29, 1.82) is 0 Å². The Labute approximate surface area is 170 Å². The van der Waals surface area contributed by atoms with Gasteiger partial charge in [0.1, 0.15) is 5.70 Å². The molecule has 0 saturated carbocycles. The van der Waals surface area contributed by atoms with Crippen molar-refractivity contribution < 1.29 is 9.59 Å². The number of rotatable bonds is 7. The van der Waals surface area contributed by atoms with Crippen LogP contribution in [0.5, 0.6) is 0 Å². The van der Waals surface area contributed by atoms with Crippen molar-refractivity contribution in [3.63, 3.8) is 0 Å². The number of H-pyrrole nitrogens is 1. The molecule has 0 saturated heterocycles. The van der Waals surface area contributed by atoms with Gasteiger partial charge in [-0.25, -0.2) is 0 Å². The smallest absolute Gasteiger partial charge is 0.270 e. The van der Waals surface area contributed by atoms with Crippen molar-refractivity contribution in [2.24, 2.45) is 0 Å². The molecule has 1 heterocycles. The van der Waals surface area contributed by atoms with Gasteiger partial charge in [0.15, 0.2) is 0 Å². The first-order valence-electron chi connectivity index (χ1n) is 9.50. The number of nitrogens with zero attached hydrogens (tertiary/aromatic N) is 2. The molecule has 0 fully saturated rings. The Balaban J connectivity index is 1.92. The molecule has 6 heteroatoms. The molecule has 6 nitrogen and oxygen atoms in total. The lowest BCUT2D eigenvalue weighted by Gasteiger charge is -2.21. The Morgan fingerprint density at radius 2 is 1.66 bits per heavy atom. The predicted molar refractivity (Wildman–Crippen MR) is 116 cm³/mol. The van der Waals surface area contributed by atoms with Crippen molar-refractivity contribution in [3.05, 3.63) is 77.6 Å². The van der Waals surface area contributed by atoms with Crippen molar-refractivity contribution >= 4 is 28.8 Å². The van der Waals surface area contributed by atoms with Crippen LogP contribution in [0.25, 0.3) is 17.0 Å². The third kappa shape index (κ3) is 5.12. The van der Waals surface area contributed by atoms with E-state index < -0.39 is 0 Å². The number of carbonyl (C=O) groups is 2. The molecule has 2 aromatic carbocycles. The SMILES string of the molecule is CN(C)CCN(C)C(=O)C(=Cc1c[nH]c2ccccc12)NC(=O)c1ccccc1. The minimum atomic E-state index is -0.314. The van der Waals surface area contributed by atoms with Crippen molar-refractivity contribution in [3.8, 4) is 0 Å². The molecule has 0 unspecified atom stereocenters. The third-order valence-electron chi connectivity index (χ3n) is 4.66. The molecule has 3 aromatic rings. The topological polar surface area (TPSA) is 68.4 Å². The van der Waals surface area contributed by atoms with Gasteiger partial charge < -0.3 is 20.1 Å². The van der Waals surface area contributed by atoms with Crippen molar-refractivity contribution in [2.45, 2.75) is 0 Å². The number of carbonyl (C=O) groups excluding carboxylic acids is 2. The fourth-order valence-corrected chi connectivity index (χ4v) is 2.96. The Morgan fingerprint density at radius 1 is 0.966 bits per heavy atom. The minimum Gasteiger partial charge on any atom is -0.361 e. The van der Waals surface area contributed by atoms with E-state index in [-0.39, 0.29) is 17.5 Å². The third-order valence-corrected chi connectivity index (χ3v) is 4.66. The minimum absolute atomic E-state index is 0.235. The quantitative estimate of drug-likeness (QED) is 0.610. The lowest BCUT2D eigenvalue weighted by Crippen LogP contribution is -2.39. The molecule has 3 rings (SSSR count). The van der Waals surface area contributed by atoms with Gasteiger partial charge in [0.25, 0.3) is 11.8 Å². The Bertz CT molecular complexity index is 1020. The second kappa shape index (κ2) is 9.21. The first-order valence-corrected chi connectivity index (χ1v) is 9.50. The van der Waals surface area contributed by atoms with E-state index in [1.807, 2.05) is 55.5 Å². The number of aromatic amines is 1. The van der Waals surface area contributed by atoms with Crippen LogP contribution in [-0.2, 0) is 4.79 Å². The Morgan fingerprint density at radius 3 is 2.38 bits per heavy atom. The van der Waals surface area contributed by atoms with Crippen LogP contribution in [-0.4, -0.2) is 60.8 Å². The summed E-state index contributed by atoms with van der Waals surface area (Å²) in [6.45, 7) is 1.29. The fourth-order valence-electron chi connectivity index (χ4n) is 2.96. The van der Waals surface area contributed by atoms with E-state index >= 15 is 0 Å². The van der Waals surface area contributed by atoms with Crippen LogP contribution in [0.4, 0.5) is 0 Å². The van der Waals surface area contributed by atoms with Crippen LogP contribution >= 0.6 is 0 Å². The van der Waals surface area contributed by atoms with Crippen molar-refractivity contribution in [1.82, 2.24) is 20.1 Å². The highest BCUT2D eigenvalue weighted by Gasteiger charge is 2.19. The number of likely N-dealkylation sites (N-methyl/N-ethyl adjacent to an activating group) is 2. The number of fused-ring (bicyclic) bond motifs is 1. The summed E-state index contributed by atoms with van der Waals surface area (Å²) in [5, 5.41) is 3.80. The van der Waals surface area contributed by atoms with Gasteiger partial charge in [-0.1, -0.05) is 36.4 Å². The number of hydrogen-bond donors (Lipinski definition) is 2. The summed E-state index contributed by atoms with van der Waals surface area (Å²) < 4.78 is 0. The number of benzene rings is 2. The van der Waals surface area contributed by atoms with E-state index in [0.717, 1.165) is 23.0 Å². The maximum Gasteiger partial charge on any atom is 0.270 e. The van der Waals surface area contributed by atoms with E-state index in [0.29, 0.717) is 12.1 Å². The lowest BCUT2D eigenvalue weighted by atomic mass is 10.1. The molecule has 0 atom stereocenters. The molecule has 0 aliphatic carbocycles. The molecular formula is C23H26N4O2. The van der Waals surface area contributed by atoms with E-state index in [9.17, 15) is 9.59 Å². The molecule has 0 aliphatic rings. The number of hydrogen-bond acceptors (Lipinski definition) is 3. The standard InChI is InChI=1S/C23H26N4O2/c1-26(2)13-14-27(3)23(29)21(25-22(28)17-9-5-4-6-10-17)15-18-16-24-20-12-8-7-11-19(18)20/h4-12,15-16,24H,13-14H2,1-3H3,(H,25,28). The maximum atomic E-state index is 13.1. The average molecular weight is 390 g/mol. The highest BCUT2D eigenvalue weighted by Crippen LogP contribution is 2.20. The molecule has 0 radical (unpaired) electrons. The average Bonchev–Trinajstić information content (AvgIpc) is 3.14. The Kier molecular flexibility index (Phi) is 6.46. The monoisotopic (exact) mass is 390 g/mol. The number of nitrogens with one attached hydrogen (secondary N) is 2. The zero-order valence-electron chi connectivity index (χ0n) is 17.0. The summed E-state index contributed by atoms with van der Waals surface area (Å²) in [5.74, 6) is -0.549. The van der Waals surface area contributed by atoms with E-state index in [1.54, 1.807) is 42.3 Å². The molecule has 0 spiro atoms. The van der Waals surface area contributed by atoms with Crippen LogP contribution in [0.1, 0.15) is 15.9 Å². The number of aromatic nitrogens is 1. The molecular weight excluding hydrogens is 364 g/mol. The number of amides is 2. The van der Waals surface area contributed by atoms with Gasteiger partial charge in [-0.2, -0.15) is 0 Å². The maximum absolute atomic E-state index is 13.1. The van der Waals surface area contributed by atoms with Gasteiger partial charge in [0.05, 0.1) is 0 Å². The van der Waals surface area contributed by atoms with Crippen LogP contribution in [0.3, 0.4) is 0 Å². The summed E-state index contributed by atoms with van der Waals surface area (Å²) in [5.41, 5.74) is 2.56. The van der Waals surface area contributed by atoms with E-state index in [4.69, 9.17) is 0 Å². The largest absolute Gasteiger partial charge is 0.361 e. The van der Waals surface area contributed by atoms with Gasteiger partial charge in [-0.3, -0.25) is 9.59 Å². The first kappa shape index (κ1) is 20.4. The summed E-state index contributed by atoms with van der Waals surface area (Å²) in [6, 6.07) is 16.7. The van der Waals surface area contributed by atoms with Crippen LogP contribution in [0.2, 0.25) is 0 Å². The number of para-hydroxylation sites is 1. The zero-order valence-corrected chi connectivity index (χ0v) is 17.0. The lowest BCUT2D eigenvalue weighted by molar-refractivity contribution is -0.126. The normalized spacial score (nSPS) is 11.7. The molecule has 150 valence electrons. The summed E-state index contributed by atoms with van der Waals surface area (Å²) in [4.78, 5) is 32.6. The van der Waals surface area contributed by atoms with Crippen LogP contribution in [0.15, 0.2) is 66.5 Å². The predicted octanol–water partition coefficient (Wildman–Crippen LogP) is 2.96. The Hall–Kier alpha value is -3.38. The molecule has 0 bridgehead atoms. The second-order valence-electron chi connectivity index (χ2n) is 7.20. The van der Waals surface area contributed by atoms with Crippen molar-refractivity contribution in [2.75, 3.05) is 34.2 Å². The van der Waals surface area contributed by atoms with Gasteiger partial charge in [-0.15, -0.1) is 0 Å². The van der Waals surface area contributed by atoms with Crippen LogP contribution in [0, 0.1) is 0 Å². The summed E-state index contributed by atoms with van der Waals surface area (Å²) >= 11 is 0. The van der Waals surface area contributed by atoms with Gasteiger partial charge >= 0.3 is 0 Å². The van der Waals surface area contributed by atoms with Gasteiger partial charge in [0.2, 0.25) is 0 Å². The molecule has 0 aliphatic heterocycles. The van der Waals surface area contributed by atoms with Gasteiger partial charge in [-0.05, 0) is 38.4 Å². The van der Waals surface area contributed by atoms with Crippen LogP contribution < -0.4 is 5.32 Å². The zero-order chi connectivity index (χ0) is 20.8. The first-order chi connectivity index (χ1) is 14.0.